The van der Waals surface area contributed by atoms with Crippen LogP contribution in [0.15, 0.2) is 61.2 Å². The monoisotopic (exact) mass is 722 g/mol. The molecule has 1 heterocycles. The summed E-state index contributed by atoms with van der Waals surface area (Å²) in [6.45, 7) is 12.6. The van der Waals surface area contributed by atoms with Crippen LogP contribution in [0, 0.1) is 0 Å². The zero-order valence-electron chi connectivity index (χ0n) is 31.7. The lowest BCUT2D eigenvalue weighted by atomic mass is 9.95. The quantitative estimate of drug-likeness (QED) is 0.105. The van der Waals surface area contributed by atoms with E-state index in [0.29, 0.717) is 51.2 Å². The molecule has 0 spiro atoms. The molecule has 2 aromatic rings. The summed E-state index contributed by atoms with van der Waals surface area (Å²) >= 11 is 0. The molecule has 1 aliphatic heterocycles. The van der Waals surface area contributed by atoms with Crippen molar-refractivity contribution in [2.75, 3.05) is 33.9 Å². The van der Waals surface area contributed by atoms with Crippen LogP contribution in [-0.4, -0.2) is 96.0 Å². The largest absolute Gasteiger partial charge is 0.497 e. The van der Waals surface area contributed by atoms with Gasteiger partial charge in [-0.1, -0.05) is 42.5 Å². The Hall–Kier alpha value is -4.42. The molecule has 1 aliphatic rings. The van der Waals surface area contributed by atoms with Gasteiger partial charge in [0.15, 0.2) is 6.29 Å². The molecule has 12 nitrogen and oxygen atoms in total. The second-order valence-electron chi connectivity index (χ2n) is 14.4. The van der Waals surface area contributed by atoms with E-state index in [9.17, 15) is 24.3 Å². The van der Waals surface area contributed by atoms with Crippen LogP contribution in [0.2, 0.25) is 0 Å². The highest BCUT2D eigenvalue weighted by Gasteiger charge is 2.47. The standard InChI is InChI=1S/C40H58N4O8/c1-8-9-10-25-43(34(45)20-21-35(46)51-7)28-31-14-12-29(13-15-31)22-24-41-37(48)40(5)23-11-26-44(40)36(47)33(42-38(49)52-39(2,3)4)27-30-16-18-32(50-6)19-17-30/h8,12-19,33,35,46H,1,9-11,20-28H2,2-7H3,(H,41,48)(H,42,49)/t33-,35?,40-/m0/s1. The number of rotatable bonds is 19. The van der Waals surface area contributed by atoms with E-state index in [1.165, 1.54) is 7.11 Å². The number of carbonyl (C=O) groups is 4. The summed E-state index contributed by atoms with van der Waals surface area (Å²) in [5.74, 6) is 0.0331. The van der Waals surface area contributed by atoms with Crippen molar-refractivity contribution in [3.05, 3.63) is 77.9 Å². The molecule has 4 amide bonds. The Morgan fingerprint density at radius 3 is 2.31 bits per heavy atom. The summed E-state index contributed by atoms with van der Waals surface area (Å²) in [7, 11) is 2.98. The molecule has 286 valence electrons. The van der Waals surface area contributed by atoms with E-state index in [0.717, 1.165) is 29.5 Å². The molecule has 3 atom stereocenters. The predicted octanol–water partition coefficient (Wildman–Crippen LogP) is 4.91. The Balaban J connectivity index is 1.63. The first kappa shape index (κ1) is 42.0. The number of amides is 4. The van der Waals surface area contributed by atoms with Crippen LogP contribution >= 0.6 is 0 Å². The minimum absolute atomic E-state index is 0.0486. The van der Waals surface area contributed by atoms with Crippen molar-refractivity contribution >= 4 is 23.8 Å². The number of unbranched alkanes of at least 4 members (excludes halogenated alkanes) is 1. The van der Waals surface area contributed by atoms with E-state index in [2.05, 4.69) is 17.2 Å². The van der Waals surface area contributed by atoms with Crippen LogP contribution in [0.1, 0.15) is 82.9 Å². The summed E-state index contributed by atoms with van der Waals surface area (Å²) in [5, 5.41) is 15.5. The fraction of sp³-hybridized carbons (Fsp3) is 0.550. The number of ether oxygens (including phenoxy) is 3. The van der Waals surface area contributed by atoms with Crippen LogP contribution in [0.5, 0.6) is 5.75 Å². The molecule has 0 aromatic heterocycles. The highest BCUT2D eigenvalue weighted by Crippen LogP contribution is 2.30. The first-order valence-electron chi connectivity index (χ1n) is 18.1. The van der Waals surface area contributed by atoms with E-state index < -0.39 is 29.6 Å². The number of aliphatic hydroxyl groups excluding tert-OH is 1. The number of allylic oxidation sites excluding steroid dienone is 1. The van der Waals surface area contributed by atoms with Gasteiger partial charge in [0.05, 0.1) is 7.11 Å². The Morgan fingerprint density at radius 1 is 1.04 bits per heavy atom. The van der Waals surface area contributed by atoms with E-state index in [4.69, 9.17) is 14.2 Å². The predicted molar refractivity (Wildman–Crippen MR) is 199 cm³/mol. The van der Waals surface area contributed by atoms with E-state index >= 15 is 0 Å². The first-order chi connectivity index (χ1) is 24.7. The Labute approximate surface area is 308 Å². The number of likely N-dealkylation sites (tertiary alicyclic amines) is 1. The van der Waals surface area contributed by atoms with Crippen LogP contribution < -0.4 is 15.4 Å². The van der Waals surface area contributed by atoms with Gasteiger partial charge in [0, 0.05) is 52.6 Å². The van der Waals surface area contributed by atoms with Gasteiger partial charge in [0.1, 0.15) is 22.9 Å². The molecule has 0 saturated carbocycles. The maximum atomic E-state index is 14.1. The molecule has 12 heteroatoms. The molecule has 2 aromatic carbocycles. The zero-order valence-corrected chi connectivity index (χ0v) is 31.7. The topological polar surface area (TPSA) is 147 Å². The van der Waals surface area contributed by atoms with Crippen molar-refractivity contribution in [3.63, 3.8) is 0 Å². The van der Waals surface area contributed by atoms with Crippen molar-refractivity contribution in [1.82, 2.24) is 20.4 Å². The third kappa shape index (κ3) is 13.0. The number of benzene rings is 2. The van der Waals surface area contributed by atoms with E-state index in [1.54, 1.807) is 56.7 Å². The molecule has 0 aliphatic carbocycles. The van der Waals surface area contributed by atoms with Gasteiger partial charge in [-0.25, -0.2) is 4.79 Å². The number of aliphatic hydroxyl groups is 1. The lowest BCUT2D eigenvalue weighted by Crippen LogP contribution is -2.60. The summed E-state index contributed by atoms with van der Waals surface area (Å²) in [5.41, 5.74) is 0.974. The number of alkyl carbamates (subject to hydrolysis) is 1. The molecular weight excluding hydrogens is 664 g/mol. The van der Waals surface area contributed by atoms with Crippen molar-refractivity contribution in [2.45, 2.75) is 109 Å². The molecule has 1 fully saturated rings. The minimum Gasteiger partial charge on any atom is -0.497 e. The zero-order chi connectivity index (χ0) is 38.3. The Bertz CT molecular complexity index is 1470. The van der Waals surface area contributed by atoms with Gasteiger partial charge in [-0.15, -0.1) is 6.58 Å². The van der Waals surface area contributed by atoms with Crippen LogP contribution in [-0.2, 0) is 43.2 Å². The lowest BCUT2D eigenvalue weighted by Gasteiger charge is -2.36. The van der Waals surface area contributed by atoms with Crippen LogP contribution in [0.4, 0.5) is 4.79 Å². The van der Waals surface area contributed by atoms with Gasteiger partial charge in [-0.3, -0.25) is 14.4 Å². The van der Waals surface area contributed by atoms with E-state index in [-0.39, 0.29) is 37.0 Å². The summed E-state index contributed by atoms with van der Waals surface area (Å²) in [4.78, 5) is 56.9. The molecule has 1 unspecified atom stereocenters. The Morgan fingerprint density at radius 2 is 1.69 bits per heavy atom. The second kappa shape index (κ2) is 20.0. The average Bonchev–Trinajstić information content (AvgIpc) is 3.52. The van der Waals surface area contributed by atoms with Crippen molar-refractivity contribution in [1.29, 1.82) is 0 Å². The maximum Gasteiger partial charge on any atom is 0.408 e. The first-order valence-corrected chi connectivity index (χ1v) is 18.1. The molecular formula is C40H58N4O8. The molecule has 0 bridgehead atoms. The lowest BCUT2D eigenvalue weighted by molar-refractivity contribution is -0.145. The number of hydrogen-bond acceptors (Lipinski definition) is 8. The number of nitrogens with zero attached hydrogens (tertiary/aromatic N) is 2. The fourth-order valence-electron chi connectivity index (χ4n) is 6.17. The van der Waals surface area contributed by atoms with Crippen molar-refractivity contribution in [2.24, 2.45) is 0 Å². The molecule has 52 heavy (non-hydrogen) atoms. The molecule has 3 rings (SSSR count). The van der Waals surface area contributed by atoms with Crippen LogP contribution in [0.25, 0.3) is 0 Å². The molecule has 1 saturated heterocycles. The molecule has 0 radical (unpaired) electrons. The molecule has 3 N–H and O–H groups in total. The van der Waals surface area contributed by atoms with Gasteiger partial charge in [-0.05, 0) is 88.6 Å². The van der Waals surface area contributed by atoms with Crippen molar-refractivity contribution < 1.29 is 38.5 Å². The SMILES string of the molecule is C=CCCCN(Cc1ccc(CCNC(=O)[C@]2(C)CCCN2C(=O)[C@H](Cc2ccc(OC)cc2)NC(=O)OC(C)(C)C)cc1)C(=O)CCC(O)OC. The van der Waals surface area contributed by atoms with Gasteiger partial charge in [0.2, 0.25) is 17.7 Å². The highest BCUT2D eigenvalue weighted by molar-refractivity contribution is 5.94. The minimum atomic E-state index is -1.09. The van der Waals surface area contributed by atoms with Gasteiger partial charge in [0.25, 0.3) is 0 Å². The Kier molecular flexibility index (Phi) is 16.1. The van der Waals surface area contributed by atoms with E-state index in [1.807, 2.05) is 42.5 Å². The van der Waals surface area contributed by atoms with Gasteiger partial charge < -0.3 is 39.8 Å². The van der Waals surface area contributed by atoms with Crippen molar-refractivity contribution in [3.8, 4) is 5.75 Å². The number of nitrogens with one attached hydrogen (secondary N) is 2. The normalized spacial score (nSPS) is 16.8. The second-order valence-corrected chi connectivity index (χ2v) is 14.4. The maximum absolute atomic E-state index is 14.1. The fourth-order valence-corrected chi connectivity index (χ4v) is 6.17. The van der Waals surface area contributed by atoms with Gasteiger partial charge >= 0.3 is 6.09 Å². The summed E-state index contributed by atoms with van der Waals surface area (Å²) < 4.78 is 15.6. The van der Waals surface area contributed by atoms with Crippen LogP contribution in [0.3, 0.4) is 0 Å². The smallest absolute Gasteiger partial charge is 0.408 e. The summed E-state index contributed by atoms with van der Waals surface area (Å²) in [6.07, 6.45) is 4.11. The summed E-state index contributed by atoms with van der Waals surface area (Å²) in [6, 6.07) is 14.3. The number of hydrogen-bond donors (Lipinski definition) is 3. The number of carbonyl (C=O) groups excluding carboxylic acids is 4. The highest BCUT2D eigenvalue weighted by atomic mass is 16.6. The third-order valence-electron chi connectivity index (χ3n) is 9.15. The number of methoxy groups -OCH3 is 2. The van der Waals surface area contributed by atoms with Gasteiger partial charge in [-0.2, -0.15) is 0 Å². The third-order valence-corrected chi connectivity index (χ3v) is 9.15. The average molecular weight is 723 g/mol.